The van der Waals surface area contributed by atoms with Crippen molar-refractivity contribution in [2.45, 2.75) is 19.6 Å². The number of hydrogen-bond acceptors (Lipinski definition) is 7. The fourth-order valence-electron chi connectivity index (χ4n) is 1.30. The van der Waals surface area contributed by atoms with Crippen molar-refractivity contribution in [2.24, 2.45) is 0 Å². The second kappa shape index (κ2) is 4.44. The number of nitrogens with zero attached hydrogens (tertiary/aromatic N) is 2. The molecule has 1 N–H and O–H groups in total. The van der Waals surface area contributed by atoms with Crippen molar-refractivity contribution in [3.63, 3.8) is 0 Å². The van der Waals surface area contributed by atoms with E-state index in [9.17, 15) is 9.59 Å². The molecule has 1 aromatic rings. The molecule has 0 saturated carbocycles. The van der Waals surface area contributed by atoms with Crippen LogP contribution < -0.4 is 5.32 Å². The molecule has 0 aromatic carbocycles. The van der Waals surface area contributed by atoms with Crippen molar-refractivity contribution in [1.82, 2.24) is 10.2 Å². The van der Waals surface area contributed by atoms with E-state index < -0.39 is 17.7 Å². The molecule has 1 fully saturated rings. The Morgan fingerprint density at radius 3 is 2.50 bits per heavy atom. The zero-order chi connectivity index (χ0) is 13.2. The topological polar surface area (TPSA) is 90.4 Å². The van der Waals surface area contributed by atoms with Gasteiger partial charge in [0.1, 0.15) is 0 Å². The van der Waals surface area contributed by atoms with Gasteiger partial charge in [0.25, 0.3) is 5.79 Å². The average Bonchev–Trinajstić information content (AvgIpc) is 2.27. The van der Waals surface area contributed by atoms with Crippen LogP contribution in [0.5, 0.6) is 0 Å². The minimum absolute atomic E-state index is 0.222. The third-order valence-electron chi connectivity index (χ3n) is 2.05. The van der Waals surface area contributed by atoms with Crippen LogP contribution in [0, 0.1) is 0 Å². The Morgan fingerprint density at radius 1 is 1.28 bits per heavy atom. The van der Waals surface area contributed by atoms with Crippen LogP contribution in [0.3, 0.4) is 0 Å². The van der Waals surface area contributed by atoms with E-state index in [1.807, 2.05) is 0 Å². The number of carbonyl (C=O) groups is 2. The highest BCUT2D eigenvalue weighted by Crippen LogP contribution is 2.22. The molecule has 1 aliphatic heterocycles. The fourth-order valence-corrected chi connectivity index (χ4v) is 1.30. The first kappa shape index (κ1) is 12.0. The molecule has 0 spiro atoms. The summed E-state index contributed by atoms with van der Waals surface area (Å²) in [6.45, 7) is 2.96. The van der Waals surface area contributed by atoms with Gasteiger partial charge in [-0.05, 0) is 12.1 Å². The summed E-state index contributed by atoms with van der Waals surface area (Å²) < 4.78 is 9.84. The van der Waals surface area contributed by atoms with Crippen LogP contribution in [0.25, 0.3) is 0 Å². The summed E-state index contributed by atoms with van der Waals surface area (Å²) >= 11 is 0. The normalized spacial score (nSPS) is 17.8. The number of ether oxygens (including phenoxy) is 2. The summed E-state index contributed by atoms with van der Waals surface area (Å²) in [6, 6.07) is 3.29. The molecule has 2 heterocycles. The van der Waals surface area contributed by atoms with Crippen molar-refractivity contribution in [3.05, 3.63) is 30.1 Å². The SMILES string of the molecule is CC1(C)OC(=O)C(=CNc2cccnn2)C(=O)O1. The lowest BCUT2D eigenvalue weighted by Gasteiger charge is -2.29. The predicted octanol–water partition coefficient (Wildman–Crippen LogP) is 0.608. The molecule has 0 bridgehead atoms. The highest BCUT2D eigenvalue weighted by Gasteiger charge is 2.38. The molecule has 1 saturated heterocycles. The summed E-state index contributed by atoms with van der Waals surface area (Å²) in [5, 5.41) is 10.0. The van der Waals surface area contributed by atoms with Crippen LogP contribution in [-0.4, -0.2) is 27.9 Å². The van der Waals surface area contributed by atoms with E-state index in [4.69, 9.17) is 9.47 Å². The van der Waals surface area contributed by atoms with Gasteiger partial charge in [-0.2, -0.15) is 5.10 Å². The Kier molecular flexibility index (Phi) is 2.97. The van der Waals surface area contributed by atoms with Crippen molar-refractivity contribution < 1.29 is 19.1 Å². The maximum absolute atomic E-state index is 11.6. The minimum Gasteiger partial charge on any atom is -0.419 e. The molecule has 0 unspecified atom stereocenters. The van der Waals surface area contributed by atoms with Crippen LogP contribution in [0.15, 0.2) is 30.1 Å². The second-order valence-electron chi connectivity index (χ2n) is 3.99. The van der Waals surface area contributed by atoms with Gasteiger partial charge < -0.3 is 14.8 Å². The highest BCUT2D eigenvalue weighted by molar-refractivity contribution is 6.15. The van der Waals surface area contributed by atoms with Gasteiger partial charge >= 0.3 is 11.9 Å². The molecule has 18 heavy (non-hydrogen) atoms. The number of hydrogen-bond donors (Lipinski definition) is 1. The third-order valence-corrected chi connectivity index (χ3v) is 2.05. The number of cyclic esters (lactones) is 2. The fraction of sp³-hybridized carbons (Fsp3) is 0.273. The van der Waals surface area contributed by atoms with Gasteiger partial charge in [-0.3, -0.25) is 0 Å². The zero-order valence-corrected chi connectivity index (χ0v) is 9.84. The molecule has 0 radical (unpaired) electrons. The first-order valence-corrected chi connectivity index (χ1v) is 5.19. The number of carbonyl (C=O) groups excluding carboxylic acids is 2. The molecule has 2 rings (SSSR count). The second-order valence-corrected chi connectivity index (χ2v) is 3.99. The lowest BCUT2D eigenvalue weighted by Crippen LogP contribution is -2.42. The van der Waals surface area contributed by atoms with Gasteiger partial charge in [-0.25, -0.2) is 9.59 Å². The lowest BCUT2D eigenvalue weighted by molar-refractivity contribution is -0.222. The lowest BCUT2D eigenvalue weighted by atomic mass is 10.2. The summed E-state index contributed by atoms with van der Waals surface area (Å²) in [5.41, 5.74) is -0.222. The standard InChI is InChI=1S/C11H11N3O4/c1-11(2)17-9(15)7(10(16)18-11)6-12-8-4-3-5-13-14-8/h3-6H,1-2H3,(H,12,14). The summed E-state index contributed by atoms with van der Waals surface area (Å²) in [4.78, 5) is 23.1. The molecule has 1 aliphatic rings. The van der Waals surface area contributed by atoms with Crippen LogP contribution >= 0.6 is 0 Å². The molecule has 0 atom stereocenters. The van der Waals surface area contributed by atoms with Gasteiger partial charge in [-0.15, -0.1) is 5.10 Å². The Labute approximate surface area is 103 Å². The van der Waals surface area contributed by atoms with E-state index in [0.717, 1.165) is 0 Å². The summed E-state index contributed by atoms with van der Waals surface area (Å²) in [6.07, 6.45) is 2.69. The summed E-state index contributed by atoms with van der Waals surface area (Å²) in [7, 11) is 0. The third kappa shape index (κ3) is 2.62. The highest BCUT2D eigenvalue weighted by atomic mass is 16.7. The Morgan fingerprint density at radius 2 is 1.94 bits per heavy atom. The molecule has 7 nitrogen and oxygen atoms in total. The molecule has 7 heteroatoms. The van der Waals surface area contributed by atoms with Gasteiger partial charge in [-0.1, -0.05) is 0 Å². The van der Waals surface area contributed by atoms with Gasteiger partial charge in [0.2, 0.25) is 0 Å². The first-order valence-electron chi connectivity index (χ1n) is 5.19. The minimum atomic E-state index is -1.24. The zero-order valence-electron chi connectivity index (χ0n) is 9.84. The molecule has 94 valence electrons. The van der Waals surface area contributed by atoms with Crippen LogP contribution in [0.4, 0.5) is 5.82 Å². The molecule has 1 aromatic heterocycles. The number of esters is 2. The average molecular weight is 249 g/mol. The van der Waals surface area contributed by atoms with E-state index in [1.165, 1.54) is 26.2 Å². The maximum Gasteiger partial charge on any atom is 0.350 e. The van der Waals surface area contributed by atoms with Crippen molar-refractivity contribution in [2.75, 3.05) is 5.32 Å². The predicted molar refractivity (Wildman–Crippen MR) is 60.0 cm³/mol. The van der Waals surface area contributed by atoms with Gasteiger partial charge in [0.15, 0.2) is 11.4 Å². The van der Waals surface area contributed by atoms with Crippen LogP contribution in [0.1, 0.15) is 13.8 Å². The largest absolute Gasteiger partial charge is 0.419 e. The Bertz CT molecular complexity index is 488. The Balaban J connectivity index is 2.14. The number of aromatic nitrogens is 2. The van der Waals surface area contributed by atoms with Gasteiger partial charge in [0, 0.05) is 26.2 Å². The summed E-state index contributed by atoms with van der Waals surface area (Å²) in [5.74, 6) is -2.33. The van der Waals surface area contributed by atoms with Crippen LogP contribution in [0.2, 0.25) is 0 Å². The van der Waals surface area contributed by atoms with E-state index in [2.05, 4.69) is 15.5 Å². The molecular formula is C11H11N3O4. The number of anilines is 1. The number of nitrogens with one attached hydrogen (secondary N) is 1. The van der Waals surface area contributed by atoms with E-state index in [0.29, 0.717) is 5.82 Å². The van der Waals surface area contributed by atoms with Crippen molar-refractivity contribution in [3.8, 4) is 0 Å². The van der Waals surface area contributed by atoms with Gasteiger partial charge in [0.05, 0.1) is 0 Å². The maximum atomic E-state index is 11.6. The van der Waals surface area contributed by atoms with E-state index in [-0.39, 0.29) is 5.57 Å². The monoisotopic (exact) mass is 249 g/mol. The molecular weight excluding hydrogens is 238 g/mol. The smallest absolute Gasteiger partial charge is 0.350 e. The first-order chi connectivity index (χ1) is 8.48. The van der Waals surface area contributed by atoms with E-state index >= 15 is 0 Å². The Hall–Kier alpha value is -2.44. The molecule has 0 aliphatic carbocycles. The quantitative estimate of drug-likeness (QED) is 0.466. The number of rotatable bonds is 2. The van der Waals surface area contributed by atoms with E-state index in [1.54, 1.807) is 12.1 Å². The van der Waals surface area contributed by atoms with Crippen molar-refractivity contribution in [1.29, 1.82) is 0 Å². The molecule has 0 amide bonds. The van der Waals surface area contributed by atoms with Crippen LogP contribution in [-0.2, 0) is 19.1 Å². The van der Waals surface area contributed by atoms with Crippen molar-refractivity contribution >= 4 is 17.8 Å².